The second kappa shape index (κ2) is 6.88. The van der Waals surface area contributed by atoms with Gasteiger partial charge in [-0.25, -0.2) is 0 Å². The molecule has 1 unspecified atom stereocenters. The van der Waals surface area contributed by atoms with Crippen molar-refractivity contribution in [3.05, 3.63) is 0 Å². The maximum Gasteiger partial charge on any atom is 0.0589 e. The molecule has 106 valence electrons. The highest BCUT2D eigenvalue weighted by Gasteiger charge is 2.36. The second-order valence-corrected chi connectivity index (χ2v) is 6.10. The summed E-state index contributed by atoms with van der Waals surface area (Å²) in [6, 6.07) is 2.30. The topological polar surface area (TPSA) is 24.5 Å². The lowest BCUT2D eigenvalue weighted by Gasteiger charge is -2.40. The van der Waals surface area contributed by atoms with Gasteiger partial charge in [-0.1, -0.05) is 0 Å². The molecule has 0 aliphatic heterocycles. The third-order valence-corrected chi connectivity index (χ3v) is 4.95. The van der Waals surface area contributed by atoms with Crippen LogP contribution in [0.4, 0.5) is 0 Å². The molecule has 3 heteroatoms. The van der Waals surface area contributed by atoms with E-state index in [1.54, 1.807) is 0 Å². The van der Waals surface area contributed by atoms with Crippen LogP contribution in [0.3, 0.4) is 0 Å². The number of hydrogen-bond acceptors (Lipinski definition) is 3. The summed E-state index contributed by atoms with van der Waals surface area (Å²) in [5, 5.41) is 3.43. The van der Waals surface area contributed by atoms with Crippen molar-refractivity contribution in [2.24, 2.45) is 5.92 Å². The van der Waals surface area contributed by atoms with Crippen LogP contribution in [0, 0.1) is 5.92 Å². The Bertz CT molecular complexity index is 235. The predicted molar refractivity (Wildman–Crippen MR) is 75.9 cm³/mol. The van der Waals surface area contributed by atoms with Gasteiger partial charge in [0.15, 0.2) is 0 Å². The summed E-state index contributed by atoms with van der Waals surface area (Å²) >= 11 is 0. The van der Waals surface area contributed by atoms with Gasteiger partial charge >= 0.3 is 0 Å². The summed E-state index contributed by atoms with van der Waals surface area (Å²) < 4.78 is 5.30. The standard InChI is InChI=1S/C15H30N2O/c1-12(13-4-5-13)17(10-11-18-3)15-8-6-14(16-2)7-9-15/h12-16H,4-11H2,1-3H3. The number of nitrogens with zero attached hydrogens (tertiary/aromatic N) is 1. The Hall–Kier alpha value is -0.120. The fourth-order valence-corrected chi connectivity index (χ4v) is 3.46. The third kappa shape index (κ3) is 3.69. The number of methoxy groups -OCH3 is 1. The van der Waals surface area contributed by atoms with Crippen molar-refractivity contribution in [3.8, 4) is 0 Å². The summed E-state index contributed by atoms with van der Waals surface area (Å²) in [5.41, 5.74) is 0. The van der Waals surface area contributed by atoms with E-state index >= 15 is 0 Å². The van der Waals surface area contributed by atoms with Crippen molar-refractivity contribution >= 4 is 0 Å². The zero-order chi connectivity index (χ0) is 13.0. The number of hydrogen-bond donors (Lipinski definition) is 1. The lowest BCUT2D eigenvalue weighted by Crippen LogP contribution is -2.47. The quantitative estimate of drug-likeness (QED) is 0.754. The second-order valence-electron chi connectivity index (χ2n) is 6.10. The molecular formula is C15H30N2O. The molecule has 0 aromatic carbocycles. The van der Waals surface area contributed by atoms with E-state index in [0.29, 0.717) is 0 Å². The molecule has 0 amide bonds. The molecule has 0 aromatic heterocycles. The minimum atomic E-state index is 0.752. The molecule has 2 rings (SSSR count). The van der Waals surface area contributed by atoms with Crippen molar-refractivity contribution in [1.82, 2.24) is 10.2 Å². The molecule has 2 fully saturated rings. The zero-order valence-corrected chi connectivity index (χ0v) is 12.3. The van der Waals surface area contributed by atoms with Crippen LogP contribution in [0.2, 0.25) is 0 Å². The van der Waals surface area contributed by atoms with Crippen LogP contribution in [0.5, 0.6) is 0 Å². The van der Waals surface area contributed by atoms with Crippen molar-refractivity contribution < 1.29 is 4.74 Å². The normalized spacial score (nSPS) is 30.7. The highest BCUT2D eigenvalue weighted by molar-refractivity contribution is 4.90. The molecule has 1 atom stereocenters. The minimum absolute atomic E-state index is 0.752. The maximum atomic E-state index is 5.30. The fourth-order valence-electron chi connectivity index (χ4n) is 3.46. The average Bonchev–Trinajstić information content (AvgIpc) is 3.24. The molecule has 0 saturated heterocycles. The van der Waals surface area contributed by atoms with Gasteiger partial charge in [-0.2, -0.15) is 0 Å². The molecule has 0 spiro atoms. The first-order chi connectivity index (χ1) is 8.76. The first-order valence-corrected chi connectivity index (χ1v) is 7.68. The highest BCUT2D eigenvalue weighted by Crippen LogP contribution is 2.37. The number of rotatable bonds is 7. The molecule has 0 aromatic rings. The first kappa shape index (κ1) is 14.3. The molecule has 0 bridgehead atoms. The van der Waals surface area contributed by atoms with Crippen molar-refractivity contribution in [3.63, 3.8) is 0 Å². The van der Waals surface area contributed by atoms with Crippen LogP contribution in [-0.4, -0.2) is 50.3 Å². The SMILES string of the molecule is CNC1CCC(N(CCOC)C(C)C2CC2)CC1. The summed E-state index contributed by atoms with van der Waals surface area (Å²) in [5.74, 6) is 0.962. The third-order valence-electron chi connectivity index (χ3n) is 4.95. The molecule has 2 saturated carbocycles. The molecule has 2 aliphatic carbocycles. The van der Waals surface area contributed by atoms with Crippen LogP contribution in [0.1, 0.15) is 45.4 Å². The molecule has 1 N–H and O–H groups in total. The van der Waals surface area contributed by atoms with E-state index in [4.69, 9.17) is 4.74 Å². The Morgan fingerprint density at radius 3 is 2.33 bits per heavy atom. The van der Waals surface area contributed by atoms with Gasteiger partial charge in [-0.15, -0.1) is 0 Å². The van der Waals surface area contributed by atoms with Gasteiger partial charge < -0.3 is 10.1 Å². The van der Waals surface area contributed by atoms with Gasteiger partial charge in [0.25, 0.3) is 0 Å². The fraction of sp³-hybridized carbons (Fsp3) is 1.00. The Kier molecular flexibility index (Phi) is 5.46. The lowest BCUT2D eigenvalue weighted by atomic mass is 9.89. The monoisotopic (exact) mass is 254 g/mol. The summed E-state index contributed by atoms with van der Waals surface area (Å²) in [6.07, 6.45) is 8.26. The summed E-state index contributed by atoms with van der Waals surface area (Å²) in [4.78, 5) is 2.74. The summed E-state index contributed by atoms with van der Waals surface area (Å²) in [7, 11) is 3.92. The zero-order valence-electron chi connectivity index (χ0n) is 12.3. The Morgan fingerprint density at radius 2 is 1.83 bits per heavy atom. The lowest BCUT2D eigenvalue weighted by molar-refractivity contribution is 0.0606. The van der Waals surface area contributed by atoms with Crippen molar-refractivity contribution in [1.29, 1.82) is 0 Å². The maximum absolute atomic E-state index is 5.30. The summed E-state index contributed by atoms with van der Waals surface area (Å²) in [6.45, 7) is 4.42. The Labute approximate surface area is 112 Å². The van der Waals surface area contributed by atoms with Gasteiger partial charge in [0, 0.05) is 31.8 Å². The average molecular weight is 254 g/mol. The van der Waals surface area contributed by atoms with Crippen LogP contribution >= 0.6 is 0 Å². The highest BCUT2D eigenvalue weighted by atomic mass is 16.5. The first-order valence-electron chi connectivity index (χ1n) is 7.68. The molecule has 2 aliphatic rings. The number of ether oxygens (including phenoxy) is 1. The van der Waals surface area contributed by atoms with Crippen LogP contribution in [0.15, 0.2) is 0 Å². The van der Waals surface area contributed by atoms with E-state index in [0.717, 1.165) is 37.2 Å². The minimum Gasteiger partial charge on any atom is -0.383 e. The van der Waals surface area contributed by atoms with E-state index in [1.165, 1.54) is 38.5 Å². The smallest absolute Gasteiger partial charge is 0.0589 e. The number of nitrogens with one attached hydrogen (secondary N) is 1. The molecule has 0 radical (unpaired) electrons. The van der Waals surface area contributed by atoms with E-state index in [-0.39, 0.29) is 0 Å². The van der Waals surface area contributed by atoms with E-state index in [1.807, 2.05) is 7.11 Å². The molecule has 0 heterocycles. The Morgan fingerprint density at radius 1 is 1.17 bits per heavy atom. The van der Waals surface area contributed by atoms with Crippen LogP contribution < -0.4 is 5.32 Å². The van der Waals surface area contributed by atoms with Crippen molar-refractivity contribution in [2.45, 2.75) is 63.6 Å². The molecule has 3 nitrogen and oxygen atoms in total. The van der Waals surface area contributed by atoms with E-state index < -0.39 is 0 Å². The van der Waals surface area contributed by atoms with Gasteiger partial charge in [0.05, 0.1) is 6.61 Å². The van der Waals surface area contributed by atoms with Crippen molar-refractivity contribution in [2.75, 3.05) is 27.3 Å². The Balaban J connectivity index is 1.87. The van der Waals surface area contributed by atoms with Gasteiger partial charge in [-0.05, 0) is 58.4 Å². The van der Waals surface area contributed by atoms with E-state index in [2.05, 4.69) is 24.2 Å². The van der Waals surface area contributed by atoms with E-state index in [9.17, 15) is 0 Å². The van der Waals surface area contributed by atoms with Crippen LogP contribution in [0.25, 0.3) is 0 Å². The predicted octanol–water partition coefficient (Wildman–Crippen LogP) is 2.26. The molecule has 18 heavy (non-hydrogen) atoms. The largest absolute Gasteiger partial charge is 0.383 e. The van der Waals surface area contributed by atoms with Crippen LogP contribution in [-0.2, 0) is 4.74 Å². The molecular weight excluding hydrogens is 224 g/mol. The van der Waals surface area contributed by atoms with Gasteiger partial charge in [0.1, 0.15) is 0 Å². The van der Waals surface area contributed by atoms with Gasteiger partial charge in [0.2, 0.25) is 0 Å². The van der Waals surface area contributed by atoms with Gasteiger partial charge in [-0.3, -0.25) is 4.90 Å².